The van der Waals surface area contributed by atoms with E-state index in [-0.39, 0.29) is 24.0 Å². The van der Waals surface area contributed by atoms with Crippen molar-refractivity contribution in [1.29, 1.82) is 0 Å². The van der Waals surface area contributed by atoms with Crippen molar-refractivity contribution in [2.75, 3.05) is 5.75 Å². The van der Waals surface area contributed by atoms with Crippen LogP contribution in [0, 0.1) is 5.82 Å². The number of carboxylic acid groups (broad SMARTS) is 1. The third kappa shape index (κ3) is 4.90. The minimum Gasteiger partial charge on any atom is -0.480 e. The summed E-state index contributed by atoms with van der Waals surface area (Å²) in [5.74, 6) is -1.64. The molecule has 0 fully saturated rings. The third-order valence-electron chi connectivity index (χ3n) is 2.51. The van der Waals surface area contributed by atoms with E-state index >= 15 is 0 Å². The second-order valence-electron chi connectivity index (χ2n) is 4.47. The highest BCUT2D eigenvalue weighted by atomic mass is 32.2. The van der Waals surface area contributed by atoms with Crippen molar-refractivity contribution < 1.29 is 19.1 Å². The molecule has 0 heterocycles. The van der Waals surface area contributed by atoms with Gasteiger partial charge in [0.1, 0.15) is 10.6 Å². The second kappa shape index (κ2) is 6.56. The minimum atomic E-state index is -1.02. The van der Waals surface area contributed by atoms with Gasteiger partial charge in [-0.25, -0.2) is 4.39 Å². The smallest absolute Gasteiger partial charge is 0.319 e. The monoisotopic (exact) mass is 285 g/mol. The van der Waals surface area contributed by atoms with Crippen molar-refractivity contribution in [2.45, 2.75) is 25.1 Å². The molecular formula is C13H16FNO3S. The van der Waals surface area contributed by atoms with Gasteiger partial charge in [-0.15, -0.1) is 11.8 Å². The number of nitrogens with one attached hydrogen (secondary N) is 1. The molecule has 0 aromatic heterocycles. The summed E-state index contributed by atoms with van der Waals surface area (Å²) < 4.78 is 12.3. The van der Waals surface area contributed by atoms with Crippen LogP contribution in [0.2, 0.25) is 0 Å². The molecule has 0 radical (unpaired) electrons. The quantitative estimate of drug-likeness (QED) is 0.839. The van der Waals surface area contributed by atoms with E-state index in [4.69, 9.17) is 5.11 Å². The van der Waals surface area contributed by atoms with E-state index < -0.39 is 10.7 Å². The van der Waals surface area contributed by atoms with Crippen LogP contribution >= 0.6 is 11.8 Å². The highest BCUT2D eigenvalue weighted by Gasteiger charge is 2.28. The van der Waals surface area contributed by atoms with Gasteiger partial charge in [-0.2, -0.15) is 0 Å². The van der Waals surface area contributed by atoms with Gasteiger partial charge in [0.25, 0.3) is 0 Å². The van der Waals surface area contributed by atoms with Gasteiger partial charge in [0.15, 0.2) is 0 Å². The molecule has 0 aliphatic heterocycles. The highest BCUT2D eigenvalue weighted by molar-refractivity contribution is 8.01. The predicted octanol–water partition coefficient (Wildman–Crippen LogP) is 2.04. The number of rotatable bonds is 6. The van der Waals surface area contributed by atoms with E-state index in [1.54, 1.807) is 18.2 Å². The van der Waals surface area contributed by atoms with E-state index in [2.05, 4.69) is 5.32 Å². The molecule has 0 bridgehead atoms. The van der Waals surface area contributed by atoms with Crippen LogP contribution in [-0.2, 0) is 16.1 Å². The highest BCUT2D eigenvalue weighted by Crippen LogP contribution is 2.24. The average Bonchev–Trinajstić information content (AvgIpc) is 2.35. The first-order chi connectivity index (χ1) is 8.83. The average molecular weight is 285 g/mol. The molecule has 1 aromatic rings. The molecule has 1 amide bonds. The lowest BCUT2D eigenvalue weighted by Gasteiger charge is -2.17. The lowest BCUT2D eigenvalue weighted by molar-refractivity contribution is -0.138. The Balaban J connectivity index is 2.41. The van der Waals surface area contributed by atoms with Gasteiger partial charge < -0.3 is 10.4 Å². The summed E-state index contributed by atoms with van der Waals surface area (Å²) in [4.78, 5) is 22.4. The van der Waals surface area contributed by atoms with Crippen LogP contribution < -0.4 is 5.32 Å². The van der Waals surface area contributed by atoms with Crippen LogP contribution in [0.15, 0.2) is 24.3 Å². The number of benzene rings is 1. The van der Waals surface area contributed by atoms with E-state index in [0.29, 0.717) is 5.56 Å². The summed E-state index contributed by atoms with van der Waals surface area (Å²) in [6.45, 7) is 3.16. The molecule has 0 aliphatic rings. The molecule has 0 spiro atoms. The zero-order valence-electron chi connectivity index (χ0n) is 10.8. The standard InChI is InChI=1S/C13H16FNO3S/c1-13(2,12(17)18)19-8-11(16)15-7-9-5-3-4-6-10(9)14/h3-6H,7-8H2,1-2H3,(H,15,16)(H,17,18). The summed E-state index contributed by atoms with van der Waals surface area (Å²) in [6, 6.07) is 6.17. The lowest BCUT2D eigenvalue weighted by atomic mass is 10.2. The molecule has 0 saturated carbocycles. The maximum absolute atomic E-state index is 13.3. The number of carbonyl (C=O) groups excluding carboxylic acids is 1. The number of hydrogen-bond donors (Lipinski definition) is 2. The van der Waals surface area contributed by atoms with Gasteiger partial charge in [0, 0.05) is 12.1 Å². The summed E-state index contributed by atoms with van der Waals surface area (Å²) in [5.41, 5.74) is 0.401. The zero-order chi connectivity index (χ0) is 14.5. The summed E-state index contributed by atoms with van der Waals surface area (Å²) in [5, 5.41) is 11.5. The molecule has 0 unspecified atom stereocenters. The fourth-order valence-electron chi connectivity index (χ4n) is 1.19. The van der Waals surface area contributed by atoms with Gasteiger partial charge in [-0.05, 0) is 19.9 Å². The van der Waals surface area contributed by atoms with Gasteiger partial charge in [0.05, 0.1) is 5.75 Å². The van der Waals surface area contributed by atoms with E-state index in [1.165, 1.54) is 19.9 Å². The number of hydrogen-bond acceptors (Lipinski definition) is 3. The number of carbonyl (C=O) groups is 2. The van der Waals surface area contributed by atoms with Crippen LogP contribution in [0.3, 0.4) is 0 Å². The maximum Gasteiger partial charge on any atom is 0.319 e. The third-order valence-corrected chi connectivity index (χ3v) is 3.82. The fourth-order valence-corrected chi connectivity index (χ4v) is 1.91. The molecule has 1 rings (SSSR count). The summed E-state index contributed by atoms with van der Waals surface area (Å²) in [6.07, 6.45) is 0. The molecule has 19 heavy (non-hydrogen) atoms. The Bertz CT molecular complexity index is 477. The van der Waals surface area contributed by atoms with Crippen LogP contribution in [0.5, 0.6) is 0 Å². The number of thioether (sulfide) groups is 1. The molecule has 1 aromatic carbocycles. The SMILES string of the molecule is CC(C)(SCC(=O)NCc1ccccc1F)C(=O)O. The molecule has 0 saturated heterocycles. The number of carboxylic acids is 1. The van der Waals surface area contributed by atoms with Crippen LogP contribution in [0.25, 0.3) is 0 Å². The van der Waals surface area contributed by atoms with Crippen LogP contribution in [-0.4, -0.2) is 27.5 Å². The molecule has 6 heteroatoms. The molecule has 104 valence electrons. The van der Waals surface area contributed by atoms with Crippen molar-refractivity contribution >= 4 is 23.6 Å². The van der Waals surface area contributed by atoms with Crippen LogP contribution in [0.4, 0.5) is 4.39 Å². The van der Waals surface area contributed by atoms with Gasteiger partial charge in [-0.1, -0.05) is 18.2 Å². The first kappa shape index (κ1) is 15.5. The summed E-state index contributed by atoms with van der Waals surface area (Å²) >= 11 is 1.03. The van der Waals surface area contributed by atoms with E-state index in [9.17, 15) is 14.0 Å². The van der Waals surface area contributed by atoms with Gasteiger partial charge >= 0.3 is 5.97 Å². The second-order valence-corrected chi connectivity index (χ2v) is 6.07. The first-order valence-electron chi connectivity index (χ1n) is 5.70. The van der Waals surface area contributed by atoms with Crippen LogP contribution in [0.1, 0.15) is 19.4 Å². The van der Waals surface area contributed by atoms with E-state index in [0.717, 1.165) is 11.8 Å². The fraction of sp³-hybridized carbons (Fsp3) is 0.385. The molecule has 4 nitrogen and oxygen atoms in total. The normalized spacial score (nSPS) is 11.1. The summed E-state index contributed by atoms with van der Waals surface area (Å²) in [7, 11) is 0. The van der Waals surface area contributed by atoms with Gasteiger partial charge in [0.2, 0.25) is 5.91 Å². The Morgan fingerprint density at radius 2 is 2.00 bits per heavy atom. The number of aliphatic carboxylic acids is 1. The Kier molecular flexibility index (Phi) is 5.35. The van der Waals surface area contributed by atoms with Crippen molar-refractivity contribution in [1.82, 2.24) is 5.32 Å². The van der Waals surface area contributed by atoms with Crippen molar-refractivity contribution in [3.63, 3.8) is 0 Å². The molecule has 2 N–H and O–H groups in total. The molecular weight excluding hydrogens is 269 g/mol. The Labute approximate surface area is 115 Å². The topological polar surface area (TPSA) is 66.4 Å². The van der Waals surface area contributed by atoms with Crippen molar-refractivity contribution in [3.05, 3.63) is 35.6 Å². The first-order valence-corrected chi connectivity index (χ1v) is 6.69. The van der Waals surface area contributed by atoms with Crippen molar-refractivity contribution in [3.8, 4) is 0 Å². The van der Waals surface area contributed by atoms with E-state index in [1.807, 2.05) is 0 Å². The zero-order valence-corrected chi connectivity index (χ0v) is 11.6. The maximum atomic E-state index is 13.3. The van der Waals surface area contributed by atoms with Crippen molar-refractivity contribution in [2.24, 2.45) is 0 Å². The molecule has 0 atom stereocenters. The lowest BCUT2D eigenvalue weighted by Crippen LogP contribution is -2.32. The van der Waals surface area contributed by atoms with Gasteiger partial charge in [-0.3, -0.25) is 9.59 Å². The Hall–Kier alpha value is -1.56. The Morgan fingerprint density at radius 1 is 1.37 bits per heavy atom. The largest absolute Gasteiger partial charge is 0.480 e. The Morgan fingerprint density at radius 3 is 2.58 bits per heavy atom. The predicted molar refractivity (Wildman–Crippen MR) is 72.4 cm³/mol. The molecule has 0 aliphatic carbocycles. The minimum absolute atomic E-state index is 0.0216. The number of halogens is 1. The number of amides is 1.